The molecule has 0 amide bonds. The summed E-state index contributed by atoms with van der Waals surface area (Å²) in [4.78, 5) is 0. The SMILES string of the molecule is Cp1c2ccccc2c2cc(-c3ccccc3)ccc21. The van der Waals surface area contributed by atoms with Crippen LogP contribution in [0.25, 0.3) is 32.1 Å². The quantitative estimate of drug-likeness (QED) is 0.388. The molecule has 1 unspecified atom stereocenters. The lowest BCUT2D eigenvalue weighted by Crippen LogP contribution is -1.76. The number of fused-ring (bicyclic) bond motifs is 3. The van der Waals surface area contributed by atoms with E-state index in [4.69, 9.17) is 0 Å². The average molecular weight is 274 g/mol. The van der Waals surface area contributed by atoms with E-state index in [0.29, 0.717) is 0 Å². The van der Waals surface area contributed by atoms with E-state index >= 15 is 0 Å². The van der Waals surface area contributed by atoms with Crippen molar-refractivity contribution in [3.8, 4) is 11.1 Å². The summed E-state index contributed by atoms with van der Waals surface area (Å²) in [6, 6.07) is 26.4. The van der Waals surface area contributed by atoms with E-state index < -0.39 is 0 Å². The van der Waals surface area contributed by atoms with E-state index in [1.54, 1.807) is 0 Å². The molecule has 0 bridgehead atoms. The normalized spacial score (nSPS) is 12.2. The van der Waals surface area contributed by atoms with Gasteiger partial charge in [0.25, 0.3) is 0 Å². The van der Waals surface area contributed by atoms with Gasteiger partial charge < -0.3 is 0 Å². The zero-order valence-electron chi connectivity index (χ0n) is 11.4. The first-order valence-electron chi connectivity index (χ1n) is 6.87. The van der Waals surface area contributed by atoms with Gasteiger partial charge in [-0.2, -0.15) is 0 Å². The van der Waals surface area contributed by atoms with E-state index in [1.165, 1.54) is 32.1 Å². The maximum atomic E-state index is 2.36. The van der Waals surface area contributed by atoms with E-state index in [9.17, 15) is 0 Å². The molecule has 0 N–H and O–H groups in total. The molecular weight excluding hydrogens is 259 g/mol. The third-order valence-corrected chi connectivity index (χ3v) is 6.25. The second-order valence-corrected chi connectivity index (χ2v) is 7.26. The summed E-state index contributed by atoms with van der Waals surface area (Å²) in [5, 5.41) is 5.88. The number of benzene rings is 3. The van der Waals surface area contributed by atoms with Crippen molar-refractivity contribution in [2.75, 3.05) is 0 Å². The van der Waals surface area contributed by atoms with Crippen molar-refractivity contribution in [1.82, 2.24) is 0 Å². The summed E-state index contributed by atoms with van der Waals surface area (Å²) in [5.74, 6) is 0. The minimum atomic E-state index is -0.178. The summed E-state index contributed by atoms with van der Waals surface area (Å²) in [6.07, 6.45) is 0. The molecule has 1 atom stereocenters. The molecule has 0 saturated carbocycles. The Bertz CT molecular complexity index is 901. The van der Waals surface area contributed by atoms with Crippen LogP contribution in [0, 0.1) is 0 Å². The zero-order chi connectivity index (χ0) is 13.5. The predicted octanol–water partition coefficient (Wildman–Crippen LogP) is 6.18. The fourth-order valence-electron chi connectivity index (χ4n) is 2.98. The van der Waals surface area contributed by atoms with Crippen molar-refractivity contribution in [2.45, 2.75) is 0 Å². The molecule has 1 heterocycles. The molecular formula is C19H15P. The predicted molar refractivity (Wildman–Crippen MR) is 90.6 cm³/mol. The minimum absolute atomic E-state index is 0.178. The summed E-state index contributed by atoms with van der Waals surface area (Å²) in [5.41, 5.74) is 2.60. The van der Waals surface area contributed by atoms with Gasteiger partial charge in [0.2, 0.25) is 0 Å². The van der Waals surface area contributed by atoms with Gasteiger partial charge in [0, 0.05) is 10.2 Å². The van der Waals surface area contributed by atoms with E-state index in [-0.39, 0.29) is 7.53 Å². The number of hydrogen-bond acceptors (Lipinski definition) is 0. The van der Waals surface area contributed by atoms with Crippen molar-refractivity contribution in [1.29, 1.82) is 0 Å². The Morgan fingerprint density at radius 2 is 1.30 bits per heavy atom. The van der Waals surface area contributed by atoms with Crippen molar-refractivity contribution in [3.05, 3.63) is 72.8 Å². The maximum absolute atomic E-state index is 2.36. The molecule has 3 aromatic carbocycles. The molecule has 20 heavy (non-hydrogen) atoms. The van der Waals surface area contributed by atoms with Gasteiger partial charge >= 0.3 is 0 Å². The lowest BCUT2D eigenvalue weighted by Gasteiger charge is -2.02. The molecule has 0 spiro atoms. The van der Waals surface area contributed by atoms with Crippen LogP contribution in [-0.4, -0.2) is 0 Å². The second kappa shape index (κ2) is 4.51. The molecule has 0 radical (unpaired) electrons. The van der Waals surface area contributed by atoms with Gasteiger partial charge in [-0.05, 0) is 40.7 Å². The Balaban J connectivity index is 2.07. The van der Waals surface area contributed by atoms with Crippen molar-refractivity contribution in [2.24, 2.45) is 6.66 Å². The van der Waals surface area contributed by atoms with Gasteiger partial charge in [-0.3, -0.25) is 0 Å². The van der Waals surface area contributed by atoms with E-state index in [1.807, 2.05) is 0 Å². The molecule has 0 aliphatic heterocycles. The number of hydrogen-bond donors (Lipinski definition) is 0. The molecule has 1 heteroatoms. The molecule has 0 aliphatic rings. The molecule has 0 aliphatic carbocycles. The van der Waals surface area contributed by atoms with E-state index in [2.05, 4.69) is 79.5 Å². The molecule has 4 rings (SSSR count). The van der Waals surface area contributed by atoms with Gasteiger partial charge in [-0.15, -0.1) is 7.53 Å². The van der Waals surface area contributed by atoms with Crippen molar-refractivity contribution >= 4 is 28.5 Å². The highest BCUT2D eigenvalue weighted by Crippen LogP contribution is 2.47. The van der Waals surface area contributed by atoms with Crippen LogP contribution >= 0.6 is 7.53 Å². The van der Waals surface area contributed by atoms with Gasteiger partial charge in [0.1, 0.15) is 0 Å². The zero-order valence-corrected chi connectivity index (χ0v) is 12.3. The highest BCUT2D eigenvalue weighted by molar-refractivity contribution is 7.59. The lowest BCUT2D eigenvalue weighted by atomic mass is 10.0. The second-order valence-electron chi connectivity index (χ2n) is 5.17. The van der Waals surface area contributed by atoms with Crippen LogP contribution in [0.4, 0.5) is 0 Å². The topological polar surface area (TPSA) is 0 Å². The number of rotatable bonds is 1. The Labute approximate surface area is 119 Å². The first-order chi connectivity index (χ1) is 9.84. The van der Waals surface area contributed by atoms with Gasteiger partial charge in [0.15, 0.2) is 0 Å². The van der Waals surface area contributed by atoms with Crippen LogP contribution < -0.4 is 0 Å². The minimum Gasteiger partial charge on any atom is -0.112 e. The van der Waals surface area contributed by atoms with Crippen molar-refractivity contribution in [3.63, 3.8) is 0 Å². The molecule has 0 saturated heterocycles. The summed E-state index contributed by atoms with van der Waals surface area (Å²) in [6.45, 7) is 2.36. The van der Waals surface area contributed by atoms with Gasteiger partial charge in [-0.25, -0.2) is 0 Å². The third-order valence-electron chi connectivity index (χ3n) is 4.02. The molecule has 1 aromatic heterocycles. The third kappa shape index (κ3) is 1.69. The molecule has 0 nitrogen and oxygen atoms in total. The number of aryl methyl sites for hydroxylation is 1. The first-order valence-corrected chi connectivity index (χ1v) is 8.66. The average Bonchev–Trinajstić information content (AvgIpc) is 2.81. The summed E-state index contributed by atoms with van der Waals surface area (Å²) >= 11 is 0. The van der Waals surface area contributed by atoms with Gasteiger partial charge in [-0.1, -0.05) is 60.7 Å². The lowest BCUT2D eigenvalue weighted by molar-refractivity contribution is 1.66. The largest absolute Gasteiger partial charge is 0.112 e. The smallest absolute Gasteiger partial charge is 0.00215 e. The first kappa shape index (κ1) is 11.8. The van der Waals surface area contributed by atoms with Gasteiger partial charge in [0.05, 0.1) is 0 Å². The van der Waals surface area contributed by atoms with Crippen LogP contribution in [0.3, 0.4) is 0 Å². The monoisotopic (exact) mass is 274 g/mol. The summed E-state index contributed by atoms with van der Waals surface area (Å²) in [7, 11) is -0.178. The summed E-state index contributed by atoms with van der Waals surface area (Å²) < 4.78 is 0. The van der Waals surface area contributed by atoms with Crippen LogP contribution in [0.1, 0.15) is 0 Å². The fourth-order valence-corrected chi connectivity index (χ4v) is 4.95. The molecule has 4 aromatic rings. The molecule has 0 fully saturated rings. The Morgan fingerprint density at radius 1 is 0.600 bits per heavy atom. The Hall–Kier alpha value is -2.04. The Morgan fingerprint density at radius 3 is 2.15 bits per heavy atom. The van der Waals surface area contributed by atoms with Crippen molar-refractivity contribution < 1.29 is 0 Å². The Kier molecular flexibility index (Phi) is 2.65. The van der Waals surface area contributed by atoms with E-state index in [0.717, 1.165) is 0 Å². The van der Waals surface area contributed by atoms with Crippen LogP contribution in [0.2, 0.25) is 0 Å². The van der Waals surface area contributed by atoms with Crippen LogP contribution in [0.5, 0.6) is 0 Å². The highest BCUT2D eigenvalue weighted by atomic mass is 31.1. The maximum Gasteiger partial charge on any atom is 0.00215 e. The van der Waals surface area contributed by atoms with Crippen LogP contribution in [0.15, 0.2) is 72.8 Å². The standard InChI is InChI=1S/C19H15P/c1-20-18-10-6-5-9-16(18)17-13-15(11-12-19(17)20)14-7-3-2-4-8-14/h2-13H,1H3. The molecule has 96 valence electrons. The van der Waals surface area contributed by atoms with Crippen LogP contribution in [-0.2, 0) is 6.66 Å². The highest BCUT2D eigenvalue weighted by Gasteiger charge is 2.09. The fraction of sp³-hybridized carbons (Fsp3) is 0.0526.